The van der Waals surface area contributed by atoms with Gasteiger partial charge in [-0.2, -0.15) is 0 Å². The molecule has 0 fully saturated rings. The van der Waals surface area contributed by atoms with E-state index in [0.717, 1.165) is 5.56 Å². The van der Waals surface area contributed by atoms with Gasteiger partial charge in [0, 0.05) is 13.8 Å². The van der Waals surface area contributed by atoms with Gasteiger partial charge in [0.25, 0.3) is 0 Å². The van der Waals surface area contributed by atoms with E-state index in [4.69, 9.17) is 9.47 Å². The zero-order chi connectivity index (χ0) is 12.8. The molecule has 0 aromatic heterocycles. The summed E-state index contributed by atoms with van der Waals surface area (Å²) in [6, 6.07) is 9.20. The van der Waals surface area contributed by atoms with Crippen LogP contribution in [0.25, 0.3) is 0 Å². The SMILES string of the molecule is CC(=O)O[C@@H](C)[C@H](OC(C)=O)c1ccccc1. The van der Waals surface area contributed by atoms with E-state index in [1.165, 1.54) is 13.8 Å². The van der Waals surface area contributed by atoms with E-state index in [2.05, 4.69) is 0 Å². The van der Waals surface area contributed by atoms with E-state index in [-0.39, 0.29) is 0 Å². The van der Waals surface area contributed by atoms with Gasteiger partial charge in [0.1, 0.15) is 6.10 Å². The number of rotatable bonds is 4. The van der Waals surface area contributed by atoms with Crippen molar-refractivity contribution in [3.63, 3.8) is 0 Å². The first-order valence-corrected chi connectivity index (χ1v) is 5.40. The maximum absolute atomic E-state index is 11.1. The molecule has 0 amide bonds. The van der Waals surface area contributed by atoms with Crippen LogP contribution < -0.4 is 0 Å². The molecule has 4 heteroatoms. The highest BCUT2D eigenvalue weighted by molar-refractivity contribution is 5.67. The van der Waals surface area contributed by atoms with Crippen molar-refractivity contribution in [3.8, 4) is 0 Å². The third-order valence-corrected chi connectivity index (χ3v) is 2.20. The smallest absolute Gasteiger partial charge is 0.303 e. The average Bonchev–Trinajstić information content (AvgIpc) is 2.25. The van der Waals surface area contributed by atoms with Gasteiger partial charge in [-0.05, 0) is 12.5 Å². The van der Waals surface area contributed by atoms with Gasteiger partial charge in [-0.3, -0.25) is 9.59 Å². The number of hydrogen-bond donors (Lipinski definition) is 0. The topological polar surface area (TPSA) is 52.6 Å². The molecule has 0 spiro atoms. The molecule has 2 atom stereocenters. The summed E-state index contributed by atoms with van der Waals surface area (Å²) >= 11 is 0. The Morgan fingerprint density at radius 1 is 1.00 bits per heavy atom. The van der Waals surface area contributed by atoms with Crippen molar-refractivity contribution in [1.82, 2.24) is 0 Å². The van der Waals surface area contributed by atoms with Gasteiger partial charge >= 0.3 is 11.9 Å². The lowest BCUT2D eigenvalue weighted by Gasteiger charge is -2.23. The van der Waals surface area contributed by atoms with Crippen molar-refractivity contribution in [2.45, 2.75) is 33.0 Å². The molecular formula is C13H16O4. The molecular weight excluding hydrogens is 220 g/mol. The lowest BCUT2D eigenvalue weighted by atomic mass is 10.1. The van der Waals surface area contributed by atoms with Gasteiger partial charge in [0.05, 0.1) is 0 Å². The van der Waals surface area contributed by atoms with Crippen LogP contribution >= 0.6 is 0 Å². The van der Waals surface area contributed by atoms with E-state index in [1.54, 1.807) is 6.92 Å². The van der Waals surface area contributed by atoms with Crippen molar-refractivity contribution >= 4 is 11.9 Å². The van der Waals surface area contributed by atoms with Gasteiger partial charge < -0.3 is 9.47 Å². The molecule has 1 rings (SSSR count). The predicted molar refractivity (Wildman–Crippen MR) is 62.2 cm³/mol. The van der Waals surface area contributed by atoms with Gasteiger partial charge in [0.2, 0.25) is 0 Å². The third-order valence-electron chi connectivity index (χ3n) is 2.20. The van der Waals surface area contributed by atoms with Crippen molar-refractivity contribution in [2.24, 2.45) is 0 Å². The maximum atomic E-state index is 11.1. The summed E-state index contributed by atoms with van der Waals surface area (Å²) in [6.07, 6.45) is -1.09. The monoisotopic (exact) mass is 236 g/mol. The highest BCUT2D eigenvalue weighted by Gasteiger charge is 2.24. The summed E-state index contributed by atoms with van der Waals surface area (Å²) in [5, 5.41) is 0. The van der Waals surface area contributed by atoms with Crippen LogP contribution in [0.3, 0.4) is 0 Å². The van der Waals surface area contributed by atoms with Gasteiger partial charge in [-0.15, -0.1) is 0 Å². The molecule has 1 aromatic carbocycles. The Morgan fingerprint density at radius 2 is 1.53 bits per heavy atom. The molecule has 0 saturated heterocycles. The van der Waals surface area contributed by atoms with Crippen LogP contribution in [0, 0.1) is 0 Å². The summed E-state index contributed by atoms with van der Waals surface area (Å²) in [7, 11) is 0. The lowest BCUT2D eigenvalue weighted by molar-refractivity contribution is -0.164. The number of carbonyl (C=O) groups excluding carboxylic acids is 2. The molecule has 0 saturated carbocycles. The maximum Gasteiger partial charge on any atom is 0.303 e. The minimum absolute atomic E-state index is 0.398. The first kappa shape index (κ1) is 13.2. The molecule has 0 aliphatic carbocycles. The van der Waals surface area contributed by atoms with E-state index in [1.807, 2.05) is 30.3 Å². The minimum Gasteiger partial charge on any atom is -0.459 e. The minimum atomic E-state index is -0.572. The van der Waals surface area contributed by atoms with E-state index < -0.39 is 24.1 Å². The molecule has 0 unspecified atom stereocenters. The van der Waals surface area contributed by atoms with E-state index in [9.17, 15) is 9.59 Å². The van der Waals surface area contributed by atoms with Gasteiger partial charge in [0.15, 0.2) is 6.10 Å². The Kier molecular flexibility index (Phi) is 4.69. The summed E-state index contributed by atoms with van der Waals surface area (Å²) in [5.74, 6) is -0.802. The highest BCUT2D eigenvalue weighted by atomic mass is 16.6. The first-order chi connectivity index (χ1) is 8.00. The van der Waals surface area contributed by atoms with Crippen molar-refractivity contribution < 1.29 is 19.1 Å². The van der Waals surface area contributed by atoms with Crippen molar-refractivity contribution in [1.29, 1.82) is 0 Å². The van der Waals surface area contributed by atoms with E-state index in [0.29, 0.717) is 0 Å². The Bertz CT molecular complexity index is 386. The van der Waals surface area contributed by atoms with Crippen LogP contribution in [0.15, 0.2) is 30.3 Å². The second kappa shape index (κ2) is 6.03. The van der Waals surface area contributed by atoms with Gasteiger partial charge in [-0.25, -0.2) is 0 Å². The normalized spacial score (nSPS) is 13.6. The van der Waals surface area contributed by atoms with Crippen LogP contribution in [0.2, 0.25) is 0 Å². The first-order valence-electron chi connectivity index (χ1n) is 5.40. The third kappa shape index (κ3) is 4.26. The number of ether oxygens (including phenoxy) is 2. The Balaban J connectivity index is 2.87. The van der Waals surface area contributed by atoms with Crippen LogP contribution in [0.5, 0.6) is 0 Å². The molecule has 0 heterocycles. The fourth-order valence-electron chi connectivity index (χ4n) is 1.58. The van der Waals surface area contributed by atoms with Crippen molar-refractivity contribution in [2.75, 3.05) is 0 Å². The molecule has 0 bridgehead atoms. The quantitative estimate of drug-likeness (QED) is 0.752. The Labute approximate surface area is 101 Å². The molecule has 0 radical (unpaired) electrons. The standard InChI is InChI=1S/C13H16O4/c1-9(16-10(2)14)13(17-11(3)15)12-7-5-4-6-8-12/h4-9,13H,1-3H3/t9-,13-/m0/s1. The summed E-state index contributed by atoms with van der Waals surface area (Å²) in [6.45, 7) is 4.35. The fourth-order valence-corrected chi connectivity index (χ4v) is 1.58. The fraction of sp³-hybridized carbons (Fsp3) is 0.385. The number of esters is 2. The highest BCUT2D eigenvalue weighted by Crippen LogP contribution is 2.23. The largest absolute Gasteiger partial charge is 0.459 e. The molecule has 17 heavy (non-hydrogen) atoms. The van der Waals surface area contributed by atoms with E-state index >= 15 is 0 Å². The summed E-state index contributed by atoms with van der Waals surface area (Å²) < 4.78 is 10.2. The summed E-state index contributed by atoms with van der Waals surface area (Å²) in [4.78, 5) is 22.0. The van der Waals surface area contributed by atoms with Crippen molar-refractivity contribution in [3.05, 3.63) is 35.9 Å². The molecule has 0 aliphatic rings. The van der Waals surface area contributed by atoms with Crippen LogP contribution in [0.4, 0.5) is 0 Å². The van der Waals surface area contributed by atoms with Crippen LogP contribution in [0.1, 0.15) is 32.4 Å². The van der Waals surface area contributed by atoms with Gasteiger partial charge in [-0.1, -0.05) is 30.3 Å². The predicted octanol–water partition coefficient (Wildman–Crippen LogP) is 2.24. The Hall–Kier alpha value is -1.84. The Morgan fingerprint density at radius 3 is 2.00 bits per heavy atom. The second-order valence-corrected chi connectivity index (χ2v) is 3.76. The molecule has 1 aromatic rings. The molecule has 92 valence electrons. The molecule has 4 nitrogen and oxygen atoms in total. The summed E-state index contributed by atoms with van der Waals surface area (Å²) in [5.41, 5.74) is 0.802. The number of hydrogen-bond acceptors (Lipinski definition) is 4. The number of benzene rings is 1. The lowest BCUT2D eigenvalue weighted by Crippen LogP contribution is -2.25. The van der Waals surface area contributed by atoms with Crippen LogP contribution in [-0.4, -0.2) is 18.0 Å². The van der Waals surface area contributed by atoms with Crippen LogP contribution in [-0.2, 0) is 19.1 Å². The number of carbonyl (C=O) groups is 2. The zero-order valence-electron chi connectivity index (χ0n) is 10.2. The zero-order valence-corrected chi connectivity index (χ0v) is 10.2. The average molecular weight is 236 g/mol. The molecule has 0 aliphatic heterocycles. The molecule has 0 N–H and O–H groups in total. The second-order valence-electron chi connectivity index (χ2n) is 3.76.